The highest BCUT2D eigenvalue weighted by Gasteiger charge is 2.30. The van der Waals surface area contributed by atoms with Gasteiger partial charge in [-0.05, 0) is 43.7 Å². The Morgan fingerprint density at radius 2 is 1.81 bits per heavy atom. The van der Waals surface area contributed by atoms with E-state index in [-0.39, 0.29) is 23.2 Å². The summed E-state index contributed by atoms with van der Waals surface area (Å²) in [5.41, 5.74) is 0.793. The van der Waals surface area contributed by atoms with Crippen LogP contribution in [-0.4, -0.2) is 37.0 Å². The summed E-state index contributed by atoms with van der Waals surface area (Å²) < 4.78 is 27.7. The Morgan fingerprint density at radius 3 is 2.44 bits per heavy atom. The summed E-state index contributed by atoms with van der Waals surface area (Å²) in [6.45, 7) is 1.33. The van der Waals surface area contributed by atoms with Crippen LogP contribution in [-0.2, 0) is 4.79 Å². The van der Waals surface area contributed by atoms with E-state index < -0.39 is 16.9 Å². The molecule has 0 bridgehead atoms. The van der Waals surface area contributed by atoms with E-state index in [9.17, 15) is 13.6 Å². The Kier molecular flexibility index (Phi) is 8.07. The molecule has 7 heteroatoms. The number of rotatable bonds is 5. The van der Waals surface area contributed by atoms with Crippen molar-refractivity contribution in [3.8, 4) is 0 Å². The fraction of sp³-hybridized carbons (Fsp3) is 0.350. The van der Waals surface area contributed by atoms with Gasteiger partial charge in [0.25, 0.3) is 0 Å². The monoisotopic (exact) mass is 412 g/mol. The van der Waals surface area contributed by atoms with Crippen LogP contribution >= 0.6 is 24.2 Å². The molecule has 1 heterocycles. The van der Waals surface area contributed by atoms with Crippen molar-refractivity contribution >= 4 is 30.1 Å². The lowest BCUT2D eigenvalue weighted by molar-refractivity contribution is -0.131. The smallest absolute Gasteiger partial charge is 0.240 e. The zero-order valence-electron chi connectivity index (χ0n) is 15.0. The maximum absolute atomic E-state index is 14.1. The van der Waals surface area contributed by atoms with Crippen LogP contribution in [0.25, 0.3) is 0 Å². The number of halogens is 3. The molecule has 0 saturated carbocycles. The zero-order valence-corrected chi connectivity index (χ0v) is 16.7. The van der Waals surface area contributed by atoms with Crippen LogP contribution in [0.3, 0.4) is 0 Å². The van der Waals surface area contributed by atoms with Gasteiger partial charge in [-0.25, -0.2) is 8.78 Å². The molecule has 1 fully saturated rings. The van der Waals surface area contributed by atoms with Crippen LogP contribution < -0.4 is 5.32 Å². The van der Waals surface area contributed by atoms with Crippen molar-refractivity contribution in [1.82, 2.24) is 10.2 Å². The lowest BCUT2D eigenvalue weighted by Crippen LogP contribution is -2.45. The van der Waals surface area contributed by atoms with Crippen molar-refractivity contribution in [2.24, 2.45) is 0 Å². The predicted octanol–water partition coefficient (Wildman–Crippen LogP) is 4.43. The molecule has 3 rings (SSSR count). The normalized spacial score (nSPS) is 15.9. The summed E-state index contributed by atoms with van der Waals surface area (Å²) in [6, 6.07) is 13.0. The number of amides is 1. The second kappa shape index (κ2) is 10.1. The van der Waals surface area contributed by atoms with Crippen LogP contribution in [0.5, 0.6) is 0 Å². The van der Waals surface area contributed by atoms with Crippen LogP contribution in [0, 0.1) is 11.6 Å². The Bertz CT molecular complexity index is 755. The average molecular weight is 413 g/mol. The number of likely N-dealkylation sites (tertiary alicyclic amines) is 1. The Balaban J connectivity index is 0.00000261. The lowest BCUT2D eigenvalue weighted by atomic mass is 10.0. The van der Waals surface area contributed by atoms with Gasteiger partial charge in [-0.1, -0.05) is 30.3 Å². The SMILES string of the molecule is CNC1CCN(C(=O)C(Sc2cc(F)ccc2F)c2ccccc2)CC1.Cl. The molecule has 1 aliphatic rings. The molecular weight excluding hydrogens is 390 g/mol. The third kappa shape index (κ3) is 5.43. The van der Waals surface area contributed by atoms with Gasteiger partial charge in [-0.15, -0.1) is 24.2 Å². The highest BCUT2D eigenvalue weighted by molar-refractivity contribution is 8.00. The Hall–Kier alpha value is -1.63. The second-order valence-corrected chi connectivity index (χ2v) is 7.52. The van der Waals surface area contributed by atoms with Gasteiger partial charge in [0.05, 0.1) is 0 Å². The summed E-state index contributed by atoms with van der Waals surface area (Å²) in [5, 5.41) is 2.64. The molecule has 1 amide bonds. The topological polar surface area (TPSA) is 32.3 Å². The van der Waals surface area contributed by atoms with Crippen molar-refractivity contribution in [2.45, 2.75) is 29.0 Å². The van der Waals surface area contributed by atoms with E-state index in [0.29, 0.717) is 19.1 Å². The molecule has 1 unspecified atom stereocenters. The van der Waals surface area contributed by atoms with Crippen molar-refractivity contribution in [2.75, 3.05) is 20.1 Å². The van der Waals surface area contributed by atoms with Crippen LogP contribution in [0.2, 0.25) is 0 Å². The molecule has 0 spiro atoms. The van der Waals surface area contributed by atoms with E-state index in [1.807, 2.05) is 42.3 Å². The fourth-order valence-electron chi connectivity index (χ4n) is 3.14. The summed E-state index contributed by atoms with van der Waals surface area (Å²) in [6.07, 6.45) is 1.78. The Labute approximate surface area is 168 Å². The molecule has 2 aromatic rings. The number of benzene rings is 2. The van der Waals surface area contributed by atoms with E-state index in [4.69, 9.17) is 0 Å². The first-order valence-corrected chi connectivity index (χ1v) is 9.59. The van der Waals surface area contributed by atoms with Gasteiger partial charge < -0.3 is 10.2 Å². The number of carbonyl (C=O) groups is 1. The van der Waals surface area contributed by atoms with Gasteiger partial charge in [-0.2, -0.15) is 0 Å². The summed E-state index contributed by atoms with van der Waals surface area (Å²) in [5.74, 6) is -1.08. The standard InChI is InChI=1S/C20H22F2N2OS.ClH/c1-23-16-9-11-24(12-10-16)20(25)19(14-5-3-2-4-6-14)26-18-13-15(21)7-8-17(18)22;/h2-8,13,16,19,23H,9-12H2,1H3;1H. The number of carbonyl (C=O) groups excluding carboxylic acids is 1. The molecule has 1 atom stereocenters. The number of nitrogens with zero attached hydrogens (tertiary/aromatic N) is 1. The largest absolute Gasteiger partial charge is 0.341 e. The van der Waals surface area contributed by atoms with Gasteiger partial charge in [0.1, 0.15) is 16.9 Å². The Morgan fingerprint density at radius 1 is 1.15 bits per heavy atom. The van der Waals surface area contributed by atoms with Gasteiger partial charge in [-0.3, -0.25) is 4.79 Å². The van der Waals surface area contributed by atoms with Crippen molar-refractivity contribution in [1.29, 1.82) is 0 Å². The highest BCUT2D eigenvalue weighted by Crippen LogP contribution is 2.38. The number of piperidine rings is 1. The maximum Gasteiger partial charge on any atom is 0.240 e. The van der Waals surface area contributed by atoms with E-state index in [1.165, 1.54) is 0 Å². The third-order valence-electron chi connectivity index (χ3n) is 4.68. The zero-order chi connectivity index (χ0) is 18.5. The molecule has 27 heavy (non-hydrogen) atoms. The molecular formula is C20H23ClF2N2OS. The fourth-order valence-corrected chi connectivity index (χ4v) is 4.30. The predicted molar refractivity (Wildman–Crippen MR) is 107 cm³/mol. The van der Waals surface area contributed by atoms with Crippen molar-refractivity contribution in [3.63, 3.8) is 0 Å². The third-order valence-corrected chi connectivity index (χ3v) is 5.96. The number of hydrogen-bond donors (Lipinski definition) is 1. The number of thioether (sulfide) groups is 1. The van der Waals surface area contributed by atoms with Crippen molar-refractivity contribution < 1.29 is 13.6 Å². The minimum Gasteiger partial charge on any atom is -0.341 e. The van der Waals surface area contributed by atoms with E-state index in [1.54, 1.807) is 0 Å². The molecule has 1 saturated heterocycles. The molecule has 2 aromatic carbocycles. The minimum atomic E-state index is -0.598. The lowest BCUT2D eigenvalue weighted by Gasteiger charge is -2.34. The van der Waals surface area contributed by atoms with E-state index >= 15 is 0 Å². The van der Waals surface area contributed by atoms with Gasteiger partial charge >= 0.3 is 0 Å². The quantitative estimate of drug-likeness (QED) is 0.737. The number of nitrogens with one attached hydrogen (secondary N) is 1. The summed E-state index contributed by atoms with van der Waals surface area (Å²) in [7, 11) is 1.93. The first-order chi connectivity index (χ1) is 12.6. The molecule has 0 aliphatic carbocycles. The second-order valence-electron chi connectivity index (χ2n) is 6.37. The van der Waals surface area contributed by atoms with Crippen LogP contribution in [0.4, 0.5) is 8.78 Å². The minimum absolute atomic E-state index is 0. The van der Waals surface area contributed by atoms with E-state index in [2.05, 4.69) is 5.32 Å². The van der Waals surface area contributed by atoms with Crippen LogP contribution in [0.15, 0.2) is 53.4 Å². The van der Waals surface area contributed by atoms with Gasteiger partial charge in [0.15, 0.2) is 0 Å². The number of hydrogen-bond acceptors (Lipinski definition) is 3. The summed E-state index contributed by atoms with van der Waals surface area (Å²) >= 11 is 1.07. The first-order valence-electron chi connectivity index (χ1n) is 8.71. The highest BCUT2D eigenvalue weighted by atomic mass is 35.5. The molecule has 146 valence electrons. The molecule has 3 nitrogen and oxygen atoms in total. The molecule has 1 aliphatic heterocycles. The van der Waals surface area contributed by atoms with Gasteiger partial charge in [0, 0.05) is 24.0 Å². The molecule has 1 N–H and O–H groups in total. The first kappa shape index (κ1) is 21.7. The van der Waals surface area contributed by atoms with Gasteiger partial charge in [0.2, 0.25) is 5.91 Å². The summed E-state index contributed by atoms with van der Waals surface area (Å²) in [4.78, 5) is 15.1. The molecule has 0 radical (unpaired) electrons. The average Bonchev–Trinajstić information content (AvgIpc) is 2.69. The molecule has 0 aromatic heterocycles. The van der Waals surface area contributed by atoms with Crippen molar-refractivity contribution in [3.05, 3.63) is 65.7 Å². The van der Waals surface area contributed by atoms with E-state index in [0.717, 1.165) is 48.4 Å². The van der Waals surface area contributed by atoms with Crippen LogP contribution in [0.1, 0.15) is 23.7 Å². The maximum atomic E-state index is 14.1.